The summed E-state index contributed by atoms with van der Waals surface area (Å²) in [4.78, 5) is 14.2. The van der Waals surface area contributed by atoms with Crippen molar-refractivity contribution in [3.63, 3.8) is 0 Å². The van der Waals surface area contributed by atoms with Gasteiger partial charge in [0.1, 0.15) is 11.4 Å². The predicted octanol–water partition coefficient (Wildman–Crippen LogP) is 2.63. The summed E-state index contributed by atoms with van der Waals surface area (Å²) in [5.41, 5.74) is 6.49. The summed E-state index contributed by atoms with van der Waals surface area (Å²) in [7, 11) is 0. The van der Waals surface area contributed by atoms with Crippen LogP contribution in [0.4, 0.5) is 17.1 Å². The highest BCUT2D eigenvalue weighted by atomic mass is 16.6. The maximum Gasteiger partial charge on any atom is 0.292 e. The first-order valence-electron chi connectivity index (χ1n) is 5.44. The van der Waals surface area contributed by atoms with Crippen LogP contribution in [-0.2, 0) is 0 Å². The number of para-hydroxylation sites is 1. The molecule has 0 spiro atoms. The highest BCUT2D eigenvalue weighted by molar-refractivity contribution is 5.85. The summed E-state index contributed by atoms with van der Waals surface area (Å²) in [6.07, 6.45) is 1.47. The number of nitrogens with zero attached hydrogens (tertiary/aromatic N) is 2. The minimum Gasteiger partial charge on any atom is -0.507 e. The van der Waals surface area contributed by atoms with Gasteiger partial charge in [-0.05, 0) is 24.3 Å². The monoisotopic (exact) mass is 257 g/mol. The Bertz CT molecular complexity index is 653. The average Bonchev–Trinajstić information content (AvgIpc) is 2.37. The third-order valence-corrected chi connectivity index (χ3v) is 2.50. The molecular weight excluding hydrogens is 246 g/mol. The third-order valence-electron chi connectivity index (χ3n) is 2.50. The van der Waals surface area contributed by atoms with Gasteiger partial charge in [0, 0.05) is 17.8 Å². The van der Waals surface area contributed by atoms with Crippen molar-refractivity contribution in [1.82, 2.24) is 0 Å². The molecule has 0 aromatic heterocycles. The Morgan fingerprint density at radius 1 is 1.26 bits per heavy atom. The minimum atomic E-state index is -0.550. The topological polar surface area (TPSA) is 102 Å². The Morgan fingerprint density at radius 3 is 2.63 bits per heavy atom. The Morgan fingerprint density at radius 2 is 2.00 bits per heavy atom. The average molecular weight is 257 g/mol. The normalized spacial score (nSPS) is 10.7. The zero-order chi connectivity index (χ0) is 13.8. The fourth-order valence-corrected chi connectivity index (χ4v) is 1.53. The van der Waals surface area contributed by atoms with Gasteiger partial charge in [-0.25, -0.2) is 0 Å². The highest BCUT2D eigenvalue weighted by Gasteiger charge is 2.10. The standard InChI is InChI=1S/C13H11N3O3/c14-11-7-10(5-6-12(11)16(18)19)15-8-9-3-1-2-4-13(9)17/h1-8,17H,14H2. The number of nitro groups is 1. The van der Waals surface area contributed by atoms with Crippen LogP contribution < -0.4 is 5.73 Å². The largest absolute Gasteiger partial charge is 0.507 e. The zero-order valence-electron chi connectivity index (χ0n) is 9.85. The number of hydrogen-bond acceptors (Lipinski definition) is 5. The van der Waals surface area contributed by atoms with Crippen LogP contribution in [0.25, 0.3) is 0 Å². The van der Waals surface area contributed by atoms with Crippen LogP contribution in [0.15, 0.2) is 47.5 Å². The molecule has 6 nitrogen and oxygen atoms in total. The van der Waals surface area contributed by atoms with Crippen molar-refractivity contribution in [3.8, 4) is 5.75 Å². The fourth-order valence-electron chi connectivity index (χ4n) is 1.53. The molecule has 2 aromatic carbocycles. The summed E-state index contributed by atoms with van der Waals surface area (Å²) in [5.74, 6) is 0.112. The number of nitrogens with two attached hydrogens (primary N) is 1. The molecule has 0 aliphatic rings. The molecule has 6 heteroatoms. The van der Waals surface area contributed by atoms with Gasteiger partial charge in [-0.15, -0.1) is 0 Å². The van der Waals surface area contributed by atoms with Crippen LogP contribution in [-0.4, -0.2) is 16.2 Å². The van der Waals surface area contributed by atoms with Crippen LogP contribution in [0, 0.1) is 10.1 Å². The van der Waals surface area contributed by atoms with Crippen molar-refractivity contribution >= 4 is 23.3 Å². The molecule has 0 amide bonds. The summed E-state index contributed by atoms with van der Waals surface area (Å²) >= 11 is 0. The van der Waals surface area contributed by atoms with Gasteiger partial charge in [-0.1, -0.05) is 12.1 Å². The van der Waals surface area contributed by atoms with E-state index in [1.807, 2.05) is 0 Å². The number of rotatable bonds is 3. The van der Waals surface area contributed by atoms with Gasteiger partial charge in [-0.2, -0.15) is 0 Å². The molecule has 0 radical (unpaired) electrons. The highest BCUT2D eigenvalue weighted by Crippen LogP contribution is 2.26. The number of nitrogen functional groups attached to an aromatic ring is 1. The Hall–Kier alpha value is -2.89. The van der Waals surface area contributed by atoms with Crippen molar-refractivity contribution < 1.29 is 10.0 Å². The second-order valence-electron chi connectivity index (χ2n) is 3.82. The van der Waals surface area contributed by atoms with Gasteiger partial charge in [0.05, 0.1) is 10.6 Å². The van der Waals surface area contributed by atoms with Crippen LogP contribution in [0.2, 0.25) is 0 Å². The molecular formula is C13H11N3O3. The fraction of sp³-hybridized carbons (Fsp3) is 0. The number of nitro benzene ring substituents is 1. The number of aromatic hydroxyl groups is 1. The lowest BCUT2D eigenvalue weighted by molar-refractivity contribution is -0.383. The summed E-state index contributed by atoms with van der Waals surface area (Å²) in [5, 5.41) is 20.2. The van der Waals surface area contributed by atoms with Gasteiger partial charge < -0.3 is 10.8 Å². The lowest BCUT2D eigenvalue weighted by atomic mass is 10.2. The second kappa shape index (κ2) is 5.18. The summed E-state index contributed by atoms with van der Waals surface area (Å²) in [6, 6.07) is 10.9. The number of phenols is 1. The van der Waals surface area contributed by atoms with Crippen LogP contribution in [0.1, 0.15) is 5.56 Å². The molecule has 0 aliphatic heterocycles. The van der Waals surface area contributed by atoms with E-state index in [0.29, 0.717) is 11.3 Å². The van der Waals surface area contributed by atoms with E-state index in [2.05, 4.69) is 4.99 Å². The van der Waals surface area contributed by atoms with Gasteiger partial charge in [-0.3, -0.25) is 15.1 Å². The predicted molar refractivity (Wildman–Crippen MR) is 72.9 cm³/mol. The van der Waals surface area contributed by atoms with Crippen LogP contribution >= 0.6 is 0 Å². The van der Waals surface area contributed by atoms with Gasteiger partial charge >= 0.3 is 0 Å². The first-order chi connectivity index (χ1) is 9.08. The minimum absolute atomic E-state index is 0.0527. The van der Waals surface area contributed by atoms with Gasteiger partial charge in [0.25, 0.3) is 5.69 Å². The number of benzene rings is 2. The first-order valence-corrected chi connectivity index (χ1v) is 5.44. The molecule has 0 fully saturated rings. The van der Waals surface area contributed by atoms with E-state index in [-0.39, 0.29) is 17.1 Å². The van der Waals surface area contributed by atoms with E-state index < -0.39 is 4.92 Å². The second-order valence-corrected chi connectivity index (χ2v) is 3.82. The summed E-state index contributed by atoms with van der Waals surface area (Å²) < 4.78 is 0. The number of anilines is 1. The molecule has 19 heavy (non-hydrogen) atoms. The van der Waals surface area contributed by atoms with Crippen molar-refractivity contribution in [2.75, 3.05) is 5.73 Å². The van der Waals surface area contributed by atoms with Crippen molar-refractivity contribution in [3.05, 3.63) is 58.1 Å². The van der Waals surface area contributed by atoms with E-state index in [4.69, 9.17) is 5.73 Å². The molecule has 3 N–H and O–H groups in total. The van der Waals surface area contributed by atoms with E-state index in [0.717, 1.165) is 0 Å². The van der Waals surface area contributed by atoms with Crippen molar-refractivity contribution in [2.24, 2.45) is 4.99 Å². The Kier molecular flexibility index (Phi) is 3.42. The first kappa shape index (κ1) is 12.6. The zero-order valence-corrected chi connectivity index (χ0v) is 9.85. The van der Waals surface area contributed by atoms with Crippen LogP contribution in [0.5, 0.6) is 5.75 Å². The molecule has 0 bridgehead atoms. The molecule has 0 aliphatic carbocycles. The summed E-state index contributed by atoms with van der Waals surface area (Å²) in [6.45, 7) is 0. The SMILES string of the molecule is Nc1cc(N=Cc2ccccc2O)ccc1[N+](=O)[O-]. The maximum absolute atomic E-state index is 10.6. The molecule has 0 saturated carbocycles. The third kappa shape index (κ3) is 2.86. The Labute approximate surface area is 109 Å². The maximum atomic E-state index is 10.6. The van der Waals surface area contributed by atoms with Gasteiger partial charge in [0.15, 0.2) is 0 Å². The quantitative estimate of drug-likeness (QED) is 0.382. The molecule has 0 saturated heterocycles. The molecule has 96 valence electrons. The Balaban J connectivity index is 2.27. The van der Waals surface area contributed by atoms with Crippen LogP contribution in [0.3, 0.4) is 0 Å². The van der Waals surface area contributed by atoms with Crippen molar-refractivity contribution in [2.45, 2.75) is 0 Å². The van der Waals surface area contributed by atoms with E-state index >= 15 is 0 Å². The van der Waals surface area contributed by atoms with E-state index in [1.165, 1.54) is 24.4 Å². The molecule has 0 heterocycles. The lowest BCUT2D eigenvalue weighted by Gasteiger charge is -1.99. The van der Waals surface area contributed by atoms with Gasteiger partial charge in [0.2, 0.25) is 0 Å². The van der Waals surface area contributed by atoms with E-state index in [1.54, 1.807) is 24.3 Å². The molecule has 0 atom stereocenters. The van der Waals surface area contributed by atoms with E-state index in [9.17, 15) is 15.2 Å². The molecule has 2 aromatic rings. The number of phenolic OH excluding ortho intramolecular Hbond substituents is 1. The smallest absolute Gasteiger partial charge is 0.292 e. The molecule has 2 rings (SSSR count). The number of hydrogen-bond donors (Lipinski definition) is 2. The van der Waals surface area contributed by atoms with Crippen molar-refractivity contribution in [1.29, 1.82) is 0 Å². The lowest BCUT2D eigenvalue weighted by Crippen LogP contribution is -1.94. The number of aliphatic imine (C=N–C) groups is 1. The molecule has 0 unspecified atom stereocenters.